The molecule has 0 radical (unpaired) electrons. The van der Waals surface area contributed by atoms with Gasteiger partial charge in [-0.2, -0.15) is 0 Å². The first-order chi connectivity index (χ1) is 18.3. The van der Waals surface area contributed by atoms with Gasteiger partial charge < -0.3 is 9.40 Å². The Balaban J connectivity index is 1.74. The highest BCUT2D eigenvalue weighted by atomic mass is 16.3. The number of hydrogen-bond acceptors (Lipinski definition) is 7. The topological polar surface area (TPSA) is 106 Å². The van der Waals surface area contributed by atoms with Crippen molar-refractivity contribution in [3.63, 3.8) is 0 Å². The van der Waals surface area contributed by atoms with Crippen molar-refractivity contribution in [2.45, 2.75) is 65.7 Å². The standard InChI is InChI=1S/C29H33N7O2/c1-6-29(4,5)36-27(32-33-34-36)26(24-15-22-13-19(2)20(3)14-25(22)31-28(24)37)35(18-23-10-8-12-38-23)17-21-9-7-11-30-16-21/h7-16,26H,6,17-18H2,1-5H3,(H,31,37)/t26-/m0/s1. The Morgan fingerprint density at radius 1 is 1.11 bits per heavy atom. The molecule has 0 bridgehead atoms. The molecule has 9 nitrogen and oxygen atoms in total. The minimum Gasteiger partial charge on any atom is -0.468 e. The number of aryl methyl sites for hydroxylation is 2. The first kappa shape index (κ1) is 25.5. The summed E-state index contributed by atoms with van der Waals surface area (Å²) in [5.74, 6) is 1.37. The van der Waals surface area contributed by atoms with Crippen molar-refractivity contribution in [1.82, 2.24) is 35.1 Å². The van der Waals surface area contributed by atoms with Gasteiger partial charge in [0.1, 0.15) is 11.8 Å². The molecule has 38 heavy (non-hydrogen) atoms. The first-order valence-electron chi connectivity index (χ1n) is 12.8. The molecule has 0 aliphatic heterocycles. The Hall–Kier alpha value is -4.11. The molecule has 0 aliphatic carbocycles. The summed E-state index contributed by atoms with van der Waals surface area (Å²) in [6.07, 6.45) is 6.05. The van der Waals surface area contributed by atoms with Gasteiger partial charge in [0.2, 0.25) is 0 Å². The molecule has 0 saturated heterocycles. The fraction of sp³-hybridized carbons (Fsp3) is 0.345. The van der Waals surface area contributed by atoms with E-state index in [9.17, 15) is 4.79 Å². The molecule has 1 aromatic carbocycles. The molecule has 4 heterocycles. The second-order valence-electron chi connectivity index (χ2n) is 10.4. The number of nitrogens with one attached hydrogen (secondary N) is 1. The monoisotopic (exact) mass is 511 g/mol. The highest BCUT2D eigenvalue weighted by Gasteiger charge is 2.35. The van der Waals surface area contributed by atoms with Crippen molar-refractivity contribution in [3.05, 3.63) is 105 Å². The van der Waals surface area contributed by atoms with E-state index in [4.69, 9.17) is 4.42 Å². The van der Waals surface area contributed by atoms with Gasteiger partial charge in [-0.1, -0.05) is 13.0 Å². The van der Waals surface area contributed by atoms with E-state index in [1.807, 2.05) is 54.2 Å². The highest BCUT2D eigenvalue weighted by Crippen LogP contribution is 2.33. The zero-order chi connectivity index (χ0) is 26.9. The summed E-state index contributed by atoms with van der Waals surface area (Å²) >= 11 is 0. The van der Waals surface area contributed by atoms with Gasteiger partial charge in [0.25, 0.3) is 5.56 Å². The predicted octanol–water partition coefficient (Wildman–Crippen LogP) is 5.06. The van der Waals surface area contributed by atoms with Crippen LogP contribution in [0.4, 0.5) is 0 Å². The molecule has 0 aliphatic rings. The van der Waals surface area contributed by atoms with E-state index in [-0.39, 0.29) is 11.1 Å². The van der Waals surface area contributed by atoms with Gasteiger partial charge in [0.05, 0.1) is 18.3 Å². The number of benzene rings is 1. The molecule has 4 aromatic heterocycles. The molecule has 5 rings (SSSR count). The lowest BCUT2D eigenvalue weighted by molar-refractivity contribution is 0.168. The highest BCUT2D eigenvalue weighted by molar-refractivity contribution is 5.81. The first-order valence-corrected chi connectivity index (χ1v) is 12.8. The van der Waals surface area contributed by atoms with Crippen LogP contribution in [0.25, 0.3) is 10.9 Å². The summed E-state index contributed by atoms with van der Waals surface area (Å²) in [5, 5.41) is 13.9. The molecular weight excluding hydrogens is 478 g/mol. The van der Waals surface area contributed by atoms with Gasteiger partial charge in [0, 0.05) is 30.0 Å². The minimum atomic E-state index is -0.559. The van der Waals surface area contributed by atoms with Gasteiger partial charge in [-0.05, 0) is 103 Å². The summed E-state index contributed by atoms with van der Waals surface area (Å²) in [5.41, 5.74) is 4.12. The number of furan rings is 1. The average Bonchev–Trinajstić information content (AvgIpc) is 3.59. The van der Waals surface area contributed by atoms with Crippen LogP contribution in [-0.4, -0.2) is 35.1 Å². The number of rotatable bonds is 9. The van der Waals surface area contributed by atoms with Crippen LogP contribution in [0.1, 0.15) is 67.1 Å². The van der Waals surface area contributed by atoms with Crippen molar-refractivity contribution < 1.29 is 4.42 Å². The van der Waals surface area contributed by atoms with Crippen molar-refractivity contribution >= 4 is 10.9 Å². The molecule has 1 atom stereocenters. The molecule has 0 saturated carbocycles. The Labute approximate surface area is 221 Å². The molecule has 0 spiro atoms. The van der Waals surface area contributed by atoms with Crippen LogP contribution in [0.15, 0.2) is 70.3 Å². The van der Waals surface area contributed by atoms with E-state index < -0.39 is 6.04 Å². The van der Waals surface area contributed by atoms with Crippen LogP contribution in [0.5, 0.6) is 0 Å². The third kappa shape index (κ3) is 5.02. The number of aromatic amines is 1. The van der Waals surface area contributed by atoms with Gasteiger partial charge >= 0.3 is 0 Å². The van der Waals surface area contributed by atoms with Crippen molar-refractivity contribution in [3.8, 4) is 0 Å². The summed E-state index contributed by atoms with van der Waals surface area (Å²) in [6.45, 7) is 11.4. The van der Waals surface area contributed by atoms with E-state index in [0.717, 1.165) is 39.8 Å². The molecule has 0 amide bonds. The van der Waals surface area contributed by atoms with Gasteiger partial charge in [-0.3, -0.25) is 14.7 Å². The fourth-order valence-electron chi connectivity index (χ4n) is 4.71. The SMILES string of the molecule is CCC(C)(C)n1nnnc1[C@H](c1cc2cc(C)c(C)cc2[nH]c1=O)N(Cc1cccnc1)Cc1ccco1. The van der Waals surface area contributed by atoms with Crippen LogP contribution >= 0.6 is 0 Å². The molecule has 196 valence electrons. The lowest BCUT2D eigenvalue weighted by Gasteiger charge is -2.33. The lowest BCUT2D eigenvalue weighted by atomic mass is 9.98. The Bertz CT molecular complexity index is 1590. The summed E-state index contributed by atoms with van der Waals surface area (Å²) < 4.78 is 7.60. The number of fused-ring (bicyclic) bond motifs is 1. The maximum atomic E-state index is 13.8. The van der Waals surface area contributed by atoms with Crippen LogP contribution in [0, 0.1) is 13.8 Å². The van der Waals surface area contributed by atoms with Crippen LogP contribution < -0.4 is 5.56 Å². The Kier molecular flexibility index (Phi) is 6.94. The Morgan fingerprint density at radius 2 is 1.92 bits per heavy atom. The van der Waals surface area contributed by atoms with Crippen molar-refractivity contribution in [2.24, 2.45) is 0 Å². The number of hydrogen-bond donors (Lipinski definition) is 1. The maximum Gasteiger partial charge on any atom is 0.253 e. The fourth-order valence-corrected chi connectivity index (χ4v) is 4.71. The quantitative estimate of drug-likeness (QED) is 0.295. The number of H-pyrrole nitrogens is 1. The minimum absolute atomic E-state index is 0.176. The van der Waals surface area contributed by atoms with E-state index in [1.54, 1.807) is 12.5 Å². The van der Waals surface area contributed by atoms with Crippen molar-refractivity contribution in [2.75, 3.05) is 0 Å². The molecule has 0 unspecified atom stereocenters. The zero-order valence-electron chi connectivity index (χ0n) is 22.5. The van der Waals surface area contributed by atoms with Gasteiger partial charge in [0.15, 0.2) is 5.82 Å². The van der Waals surface area contributed by atoms with E-state index in [0.29, 0.717) is 24.5 Å². The van der Waals surface area contributed by atoms with Crippen LogP contribution in [-0.2, 0) is 18.6 Å². The zero-order valence-corrected chi connectivity index (χ0v) is 22.5. The second kappa shape index (κ2) is 10.3. The number of nitrogens with zero attached hydrogens (tertiary/aromatic N) is 6. The van der Waals surface area contributed by atoms with Crippen LogP contribution in [0.3, 0.4) is 0 Å². The summed E-state index contributed by atoms with van der Waals surface area (Å²) in [4.78, 5) is 23.4. The lowest BCUT2D eigenvalue weighted by Crippen LogP contribution is -2.38. The largest absolute Gasteiger partial charge is 0.468 e. The van der Waals surface area contributed by atoms with Gasteiger partial charge in [-0.25, -0.2) is 4.68 Å². The third-order valence-corrected chi connectivity index (χ3v) is 7.37. The number of aromatic nitrogens is 6. The van der Waals surface area contributed by atoms with E-state index in [1.165, 1.54) is 0 Å². The molecule has 1 N–H and O–H groups in total. The molecular formula is C29H33N7O2. The van der Waals surface area contributed by atoms with Gasteiger partial charge in [-0.15, -0.1) is 5.10 Å². The smallest absolute Gasteiger partial charge is 0.253 e. The molecule has 9 heteroatoms. The average molecular weight is 512 g/mol. The van der Waals surface area contributed by atoms with Crippen molar-refractivity contribution in [1.29, 1.82) is 0 Å². The normalized spacial score (nSPS) is 12.9. The molecule has 0 fully saturated rings. The van der Waals surface area contributed by atoms with Crippen LogP contribution in [0.2, 0.25) is 0 Å². The Morgan fingerprint density at radius 3 is 2.63 bits per heavy atom. The summed E-state index contributed by atoms with van der Waals surface area (Å²) in [6, 6.07) is 13.3. The molecule has 5 aromatic rings. The predicted molar refractivity (Wildman–Crippen MR) is 146 cm³/mol. The number of tetrazole rings is 1. The summed E-state index contributed by atoms with van der Waals surface area (Å²) in [7, 11) is 0. The number of pyridine rings is 2. The van der Waals surface area contributed by atoms with E-state index in [2.05, 4.69) is 64.2 Å². The third-order valence-electron chi connectivity index (χ3n) is 7.37. The maximum absolute atomic E-state index is 13.8. The van der Waals surface area contributed by atoms with E-state index >= 15 is 0 Å². The second-order valence-corrected chi connectivity index (χ2v) is 10.4.